The van der Waals surface area contributed by atoms with Crippen LogP contribution in [0.1, 0.15) is 17.0 Å². The summed E-state index contributed by atoms with van der Waals surface area (Å²) in [5.74, 6) is 0.783. The second-order valence-corrected chi connectivity index (χ2v) is 4.87. The van der Waals surface area contributed by atoms with E-state index in [0.717, 1.165) is 28.5 Å². The molecule has 0 fully saturated rings. The maximum Gasteiger partial charge on any atom is 0.119 e. The normalized spacial score (nSPS) is 10.1. The topological polar surface area (TPSA) is 67.2 Å². The summed E-state index contributed by atoms with van der Waals surface area (Å²) in [5, 5.41) is 12.5. The van der Waals surface area contributed by atoms with Gasteiger partial charge in [-0.1, -0.05) is 0 Å². The summed E-state index contributed by atoms with van der Waals surface area (Å²) in [6.07, 6.45) is 0. The predicted octanol–water partition coefficient (Wildman–Crippen LogP) is 3.34. The molecule has 0 bridgehead atoms. The molecule has 2 rings (SSSR count). The minimum atomic E-state index is 0.518. The lowest BCUT2D eigenvalue weighted by atomic mass is 10.1. The van der Waals surface area contributed by atoms with Gasteiger partial charge >= 0.3 is 0 Å². The Hall–Kier alpha value is -2.58. The highest BCUT2D eigenvalue weighted by Crippen LogP contribution is 2.24. The van der Waals surface area contributed by atoms with Gasteiger partial charge in [-0.05, 0) is 44.2 Å². The van der Waals surface area contributed by atoms with Crippen molar-refractivity contribution in [2.24, 2.45) is 0 Å². The summed E-state index contributed by atoms with van der Waals surface area (Å²) in [6, 6.07) is 11.6. The minimum absolute atomic E-state index is 0.518. The Morgan fingerprint density at radius 3 is 2.55 bits per heavy atom. The van der Waals surface area contributed by atoms with Crippen LogP contribution in [0.3, 0.4) is 0 Å². The quantitative estimate of drug-likeness (QED) is 0.828. The molecule has 0 unspecified atom stereocenters. The number of nitrogens with zero attached hydrogens (tertiary/aromatic N) is 2. The van der Waals surface area contributed by atoms with E-state index < -0.39 is 0 Å². The molecule has 0 aliphatic heterocycles. The molecule has 1 aromatic heterocycles. The summed E-state index contributed by atoms with van der Waals surface area (Å²) in [7, 11) is 1.64. The van der Waals surface area contributed by atoms with E-state index in [4.69, 9.17) is 9.47 Å². The highest BCUT2D eigenvalue weighted by Gasteiger charge is 2.08. The third kappa shape index (κ3) is 3.96. The van der Waals surface area contributed by atoms with Gasteiger partial charge in [-0.3, -0.25) is 4.98 Å². The standard InChI is InChI=1S/C17H19N3O2/c1-12-10-17(16(11-18)13(2)19-12)20-14-4-6-15(7-5-14)22-9-8-21-3/h4-7,10H,8-9H2,1-3H3,(H,19,20). The highest BCUT2D eigenvalue weighted by molar-refractivity contribution is 5.68. The molecule has 114 valence electrons. The molecule has 0 spiro atoms. The smallest absolute Gasteiger partial charge is 0.119 e. The molecule has 1 aromatic carbocycles. The van der Waals surface area contributed by atoms with Crippen LogP contribution in [0.5, 0.6) is 5.75 Å². The fourth-order valence-electron chi connectivity index (χ4n) is 2.10. The maximum atomic E-state index is 9.27. The highest BCUT2D eigenvalue weighted by atomic mass is 16.5. The lowest BCUT2D eigenvalue weighted by Gasteiger charge is -2.12. The van der Waals surface area contributed by atoms with E-state index in [1.807, 2.05) is 44.2 Å². The monoisotopic (exact) mass is 297 g/mol. The number of hydrogen-bond acceptors (Lipinski definition) is 5. The molecule has 22 heavy (non-hydrogen) atoms. The zero-order valence-corrected chi connectivity index (χ0v) is 13.0. The zero-order chi connectivity index (χ0) is 15.9. The fourth-order valence-corrected chi connectivity index (χ4v) is 2.10. The molecular formula is C17H19N3O2. The van der Waals surface area contributed by atoms with Gasteiger partial charge in [-0.25, -0.2) is 0 Å². The Morgan fingerprint density at radius 2 is 1.91 bits per heavy atom. The third-order valence-corrected chi connectivity index (χ3v) is 3.13. The Balaban J connectivity index is 2.13. The number of aryl methyl sites for hydroxylation is 2. The van der Waals surface area contributed by atoms with Crippen molar-refractivity contribution in [2.75, 3.05) is 25.6 Å². The largest absolute Gasteiger partial charge is 0.491 e. The molecule has 5 nitrogen and oxygen atoms in total. The SMILES string of the molecule is COCCOc1ccc(Nc2cc(C)nc(C)c2C#N)cc1. The van der Waals surface area contributed by atoms with Gasteiger partial charge in [-0.15, -0.1) is 0 Å². The number of pyridine rings is 1. The van der Waals surface area contributed by atoms with Crippen LogP contribution in [0, 0.1) is 25.2 Å². The average Bonchev–Trinajstić information content (AvgIpc) is 2.49. The molecule has 0 atom stereocenters. The average molecular weight is 297 g/mol. The van der Waals surface area contributed by atoms with E-state index in [1.165, 1.54) is 0 Å². The molecule has 0 aliphatic rings. The van der Waals surface area contributed by atoms with Gasteiger partial charge in [0.2, 0.25) is 0 Å². The van der Waals surface area contributed by atoms with Crippen molar-refractivity contribution in [3.05, 3.63) is 47.3 Å². The van der Waals surface area contributed by atoms with Crippen LogP contribution in [-0.4, -0.2) is 25.3 Å². The maximum absolute atomic E-state index is 9.27. The van der Waals surface area contributed by atoms with Crippen molar-refractivity contribution in [1.29, 1.82) is 5.26 Å². The number of anilines is 2. The van der Waals surface area contributed by atoms with Crippen molar-refractivity contribution >= 4 is 11.4 Å². The first-order valence-corrected chi connectivity index (χ1v) is 7.01. The molecule has 0 radical (unpaired) electrons. The molecule has 0 amide bonds. The second-order valence-electron chi connectivity index (χ2n) is 4.87. The minimum Gasteiger partial charge on any atom is -0.491 e. The number of ether oxygens (including phenoxy) is 2. The first kappa shape index (κ1) is 15.8. The lowest BCUT2D eigenvalue weighted by Crippen LogP contribution is -2.04. The van der Waals surface area contributed by atoms with E-state index in [2.05, 4.69) is 16.4 Å². The van der Waals surface area contributed by atoms with Crippen LogP contribution in [0.4, 0.5) is 11.4 Å². The van der Waals surface area contributed by atoms with Crippen LogP contribution >= 0.6 is 0 Å². The fraction of sp³-hybridized carbons (Fsp3) is 0.294. The van der Waals surface area contributed by atoms with E-state index in [1.54, 1.807) is 7.11 Å². The predicted molar refractivity (Wildman–Crippen MR) is 85.5 cm³/mol. The van der Waals surface area contributed by atoms with E-state index in [0.29, 0.717) is 18.8 Å². The molecule has 0 aliphatic carbocycles. The zero-order valence-electron chi connectivity index (χ0n) is 13.0. The van der Waals surface area contributed by atoms with Crippen molar-refractivity contribution < 1.29 is 9.47 Å². The molecule has 5 heteroatoms. The number of nitriles is 1. The third-order valence-electron chi connectivity index (χ3n) is 3.13. The molecular weight excluding hydrogens is 278 g/mol. The molecule has 1 N–H and O–H groups in total. The van der Waals surface area contributed by atoms with Crippen molar-refractivity contribution in [1.82, 2.24) is 4.98 Å². The second kappa shape index (κ2) is 7.43. The lowest BCUT2D eigenvalue weighted by molar-refractivity contribution is 0.146. The first-order chi connectivity index (χ1) is 10.6. The number of nitrogens with one attached hydrogen (secondary N) is 1. The van der Waals surface area contributed by atoms with Crippen LogP contribution in [-0.2, 0) is 4.74 Å². The van der Waals surface area contributed by atoms with Crippen LogP contribution in [0.25, 0.3) is 0 Å². The number of hydrogen-bond donors (Lipinski definition) is 1. The van der Waals surface area contributed by atoms with Gasteiger partial charge in [0.25, 0.3) is 0 Å². The van der Waals surface area contributed by atoms with Crippen molar-refractivity contribution in [2.45, 2.75) is 13.8 Å². The summed E-state index contributed by atoms with van der Waals surface area (Å²) < 4.78 is 10.5. The summed E-state index contributed by atoms with van der Waals surface area (Å²) >= 11 is 0. The number of rotatable bonds is 6. The Bertz CT molecular complexity index is 676. The summed E-state index contributed by atoms with van der Waals surface area (Å²) in [4.78, 5) is 4.31. The van der Waals surface area contributed by atoms with Gasteiger partial charge in [0.1, 0.15) is 18.4 Å². The Kier molecular flexibility index (Phi) is 5.34. The van der Waals surface area contributed by atoms with Gasteiger partial charge in [-0.2, -0.15) is 5.26 Å². The molecule has 1 heterocycles. The van der Waals surface area contributed by atoms with E-state index >= 15 is 0 Å². The number of aromatic nitrogens is 1. The molecule has 0 saturated carbocycles. The van der Waals surface area contributed by atoms with Crippen LogP contribution in [0.2, 0.25) is 0 Å². The van der Waals surface area contributed by atoms with Crippen LogP contribution in [0.15, 0.2) is 30.3 Å². The Morgan fingerprint density at radius 1 is 1.18 bits per heavy atom. The van der Waals surface area contributed by atoms with E-state index in [-0.39, 0.29) is 0 Å². The van der Waals surface area contributed by atoms with Crippen molar-refractivity contribution in [3.63, 3.8) is 0 Å². The van der Waals surface area contributed by atoms with Gasteiger partial charge in [0, 0.05) is 18.5 Å². The molecule has 0 saturated heterocycles. The molecule has 2 aromatic rings. The Labute approximate surface area is 130 Å². The summed E-state index contributed by atoms with van der Waals surface area (Å²) in [6.45, 7) is 4.82. The van der Waals surface area contributed by atoms with Crippen molar-refractivity contribution in [3.8, 4) is 11.8 Å². The van der Waals surface area contributed by atoms with E-state index in [9.17, 15) is 5.26 Å². The van der Waals surface area contributed by atoms with Crippen LogP contribution < -0.4 is 10.1 Å². The van der Waals surface area contributed by atoms with Gasteiger partial charge < -0.3 is 14.8 Å². The van der Waals surface area contributed by atoms with Gasteiger partial charge in [0.15, 0.2) is 0 Å². The number of benzene rings is 1. The first-order valence-electron chi connectivity index (χ1n) is 7.01. The number of methoxy groups -OCH3 is 1. The van der Waals surface area contributed by atoms with Gasteiger partial charge in [0.05, 0.1) is 23.6 Å². The summed E-state index contributed by atoms with van der Waals surface area (Å²) in [5.41, 5.74) is 3.82.